The Morgan fingerprint density at radius 2 is 1.91 bits per heavy atom. The molecule has 32 heavy (non-hydrogen) atoms. The highest BCUT2D eigenvalue weighted by Crippen LogP contribution is 2.43. The average Bonchev–Trinajstić information content (AvgIpc) is 3.10. The van der Waals surface area contributed by atoms with E-state index in [1.807, 2.05) is 37.3 Å². The minimum absolute atomic E-state index is 0.0567. The molecule has 0 spiro atoms. The molecule has 1 aliphatic heterocycles. The highest BCUT2D eigenvalue weighted by Gasteiger charge is 2.38. The molecule has 1 fully saturated rings. The predicted molar refractivity (Wildman–Crippen MR) is 121 cm³/mol. The van der Waals surface area contributed by atoms with Crippen molar-refractivity contribution in [2.24, 2.45) is 5.92 Å². The van der Waals surface area contributed by atoms with Crippen molar-refractivity contribution in [3.8, 4) is 0 Å². The van der Waals surface area contributed by atoms with E-state index in [1.54, 1.807) is 4.90 Å². The Kier molecular flexibility index (Phi) is 5.12. The number of nitrogens with zero attached hydrogens (tertiary/aromatic N) is 3. The largest absolute Gasteiger partial charge is 0.481 e. The van der Waals surface area contributed by atoms with Crippen LogP contribution in [-0.2, 0) is 22.4 Å². The van der Waals surface area contributed by atoms with Crippen LogP contribution in [0.1, 0.15) is 49.2 Å². The molecule has 0 radical (unpaired) electrons. The zero-order chi connectivity index (χ0) is 22.4. The van der Waals surface area contributed by atoms with Crippen molar-refractivity contribution in [2.75, 3.05) is 12.0 Å². The third-order valence-electron chi connectivity index (χ3n) is 6.93. The number of rotatable bonds is 4. The highest BCUT2D eigenvalue weighted by molar-refractivity contribution is 5.95. The van der Waals surface area contributed by atoms with Gasteiger partial charge in [-0.05, 0) is 50.3 Å². The number of anilines is 1. The monoisotopic (exact) mass is 433 g/mol. The van der Waals surface area contributed by atoms with Crippen LogP contribution in [0.15, 0.2) is 42.5 Å². The number of aromatic nitrogens is 2. The fourth-order valence-corrected chi connectivity index (χ4v) is 5.13. The van der Waals surface area contributed by atoms with Crippen molar-refractivity contribution in [3.05, 3.63) is 59.4 Å². The first-order chi connectivity index (χ1) is 15.5. The maximum atomic E-state index is 12.5. The Morgan fingerprint density at radius 3 is 2.59 bits per heavy atom. The maximum Gasteiger partial charge on any atom is 0.414 e. The lowest BCUT2D eigenvalue weighted by Gasteiger charge is -2.36. The van der Waals surface area contributed by atoms with Gasteiger partial charge in [0.05, 0.1) is 29.7 Å². The summed E-state index contributed by atoms with van der Waals surface area (Å²) in [7, 11) is 1.41. The number of ether oxygens (including phenoxy) is 1. The van der Waals surface area contributed by atoms with Gasteiger partial charge in [0.1, 0.15) is 5.82 Å². The molecule has 7 nitrogen and oxygen atoms in total. The van der Waals surface area contributed by atoms with Crippen molar-refractivity contribution < 1.29 is 19.4 Å². The first kappa shape index (κ1) is 20.5. The SMILES string of the molecule is COC(=O)N1c2ccc3c(nc(Cc4ccccc4)n3C3CC(C(=O)O)C3)c2CCC1C. The quantitative estimate of drug-likeness (QED) is 0.652. The van der Waals surface area contributed by atoms with Crippen molar-refractivity contribution in [1.29, 1.82) is 0 Å². The van der Waals surface area contributed by atoms with Crippen LogP contribution in [0.4, 0.5) is 10.5 Å². The molecule has 166 valence electrons. The Morgan fingerprint density at radius 1 is 1.16 bits per heavy atom. The number of carboxylic acids is 1. The fourth-order valence-electron chi connectivity index (χ4n) is 5.13. The molecule has 1 aromatic heterocycles. The van der Waals surface area contributed by atoms with Gasteiger partial charge in [-0.25, -0.2) is 9.78 Å². The van der Waals surface area contributed by atoms with E-state index in [2.05, 4.69) is 16.7 Å². The molecule has 1 unspecified atom stereocenters. The lowest BCUT2D eigenvalue weighted by atomic mass is 9.80. The summed E-state index contributed by atoms with van der Waals surface area (Å²) in [5.41, 5.74) is 5.01. The summed E-state index contributed by atoms with van der Waals surface area (Å²) < 4.78 is 7.28. The van der Waals surface area contributed by atoms with Gasteiger partial charge in [-0.1, -0.05) is 30.3 Å². The number of hydrogen-bond donors (Lipinski definition) is 1. The third kappa shape index (κ3) is 3.32. The zero-order valence-corrected chi connectivity index (χ0v) is 18.3. The maximum absolute atomic E-state index is 12.5. The second-order valence-electron chi connectivity index (χ2n) is 8.88. The summed E-state index contributed by atoms with van der Waals surface area (Å²) in [6.45, 7) is 2.03. The van der Waals surface area contributed by atoms with Crippen molar-refractivity contribution in [2.45, 2.75) is 51.1 Å². The smallest absolute Gasteiger partial charge is 0.414 e. The van der Waals surface area contributed by atoms with E-state index in [0.29, 0.717) is 19.3 Å². The van der Waals surface area contributed by atoms with Gasteiger partial charge in [0.15, 0.2) is 0 Å². The topological polar surface area (TPSA) is 84.7 Å². The van der Waals surface area contributed by atoms with Crippen LogP contribution < -0.4 is 4.90 Å². The number of hydrogen-bond acceptors (Lipinski definition) is 4. The molecule has 1 amide bonds. The van der Waals surface area contributed by atoms with E-state index < -0.39 is 5.97 Å². The molecule has 2 heterocycles. The van der Waals surface area contributed by atoms with Crippen LogP contribution >= 0.6 is 0 Å². The average molecular weight is 434 g/mol. The Labute approximate surface area is 186 Å². The Bertz CT molecular complexity index is 1180. The second kappa shape index (κ2) is 7.97. The summed E-state index contributed by atoms with van der Waals surface area (Å²) in [6, 6.07) is 14.4. The highest BCUT2D eigenvalue weighted by atomic mass is 16.5. The fraction of sp³-hybridized carbons (Fsp3) is 0.400. The van der Waals surface area contributed by atoms with Gasteiger partial charge in [0, 0.05) is 24.1 Å². The van der Waals surface area contributed by atoms with Crippen LogP contribution in [0, 0.1) is 5.92 Å². The number of fused-ring (bicyclic) bond motifs is 3. The molecule has 2 aromatic carbocycles. The van der Waals surface area contributed by atoms with Gasteiger partial charge >= 0.3 is 12.1 Å². The Balaban J connectivity index is 1.63. The van der Waals surface area contributed by atoms with E-state index in [9.17, 15) is 14.7 Å². The third-order valence-corrected chi connectivity index (χ3v) is 6.93. The van der Waals surface area contributed by atoms with Gasteiger partial charge < -0.3 is 14.4 Å². The summed E-state index contributed by atoms with van der Waals surface area (Å²) in [5, 5.41) is 9.38. The number of methoxy groups -OCH3 is 1. The standard InChI is InChI=1S/C25H27N3O4/c1-15-8-9-19-20(27(15)25(31)32-2)10-11-21-23(19)26-22(12-16-6-4-3-5-7-16)28(21)18-13-17(14-18)24(29)30/h3-7,10-11,15,17-18H,8-9,12-14H2,1-2H3,(H,29,30). The van der Waals surface area contributed by atoms with Crippen molar-refractivity contribution >= 4 is 28.8 Å². The van der Waals surface area contributed by atoms with Crippen molar-refractivity contribution in [1.82, 2.24) is 9.55 Å². The second-order valence-corrected chi connectivity index (χ2v) is 8.88. The van der Waals surface area contributed by atoms with Gasteiger partial charge in [-0.15, -0.1) is 0 Å². The van der Waals surface area contributed by atoms with Crippen LogP contribution in [0.2, 0.25) is 0 Å². The van der Waals surface area contributed by atoms with Crippen LogP contribution in [0.25, 0.3) is 11.0 Å². The lowest BCUT2D eigenvalue weighted by Crippen LogP contribution is -2.42. The van der Waals surface area contributed by atoms with Crippen LogP contribution in [-0.4, -0.2) is 39.9 Å². The molecule has 5 rings (SSSR count). The number of imidazole rings is 1. The molecular formula is C25H27N3O4. The number of carbonyl (C=O) groups excluding carboxylic acids is 1. The zero-order valence-electron chi connectivity index (χ0n) is 18.3. The summed E-state index contributed by atoms with van der Waals surface area (Å²) in [5.74, 6) is -0.0811. The molecule has 1 N–H and O–H groups in total. The Hall–Kier alpha value is -3.35. The first-order valence-corrected chi connectivity index (χ1v) is 11.1. The lowest BCUT2D eigenvalue weighted by molar-refractivity contribution is -0.145. The van der Waals surface area contributed by atoms with Crippen LogP contribution in [0.3, 0.4) is 0 Å². The van der Waals surface area contributed by atoms with Gasteiger partial charge in [-0.2, -0.15) is 0 Å². The minimum Gasteiger partial charge on any atom is -0.481 e. The minimum atomic E-state index is -0.727. The number of carbonyl (C=O) groups is 2. The molecule has 2 aliphatic rings. The van der Waals surface area contributed by atoms with Gasteiger partial charge in [0.25, 0.3) is 0 Å². The van der Waals surface area contributed by atoms with Gasteiger partial charge in [0.2, 0.25) is 0 Å². The number of aryl methyl sites for hydroxylation is 1. The number of carboxylic acid groups (broad SMARTS) is 1. The molecule has 3 aromatic rings. The summed E-state index contributed by atoms with van der Waals surface area (Å²) in [4.78, 5) is 30.7. The summed E-state index contributed by atoms with van der Waals surface area (Å²) >= 11 is 0. The molecule has 0 saturated heterocycles. The molecule has 7 heteroatoms. The number of aliphatic carboxylic acids is 1. The van der Waals surface area contributed by atoms with E-state index in [4.69, 9.17) is 9.72 Å². The first-order valence-electron chi connectivity index (χ1n) is 11.1. The predicted octanol–water partition coefficient (Wildman–Crippen LogP) is 4.57. The van der Waals surface area contributed by atoms with Crippen molar-refractivity contribution in [3.63, 3.8) is 0 Å². The molecule has 0 bridgehead atoms. The number of amides is 1. The summed E-state index contributed by atoms with van der Waals surface area (Å²) in [6.07, 6.45) is 3.23. The molecular weight excluding hydrogens is 406 g/mol. The van der Waals surface area contributed by atoms with E-state index in [0.717, 1.165) is 46.5 Å². The van der Waals surface area contributed by atoms with Crippen LogP contribution in [0.5, 0.6) is 0 Å². The van der Waals surface area contributed by atoms with Gasteiger partial charge in [-0.3, -0.25) is 9.69 Å². The van der Waals surface area contributed by atoms with E-state index >= 15 is 0 Å². The molecule has 1 atom stereocenters. The van der Waals surface area contributed by atoms with E-state index in [-0.39, 0.29) is 24.1 Å². The molecule has 1 saturated carbocycles. The van der Waals surface area contributed by atoms with E-state index in [1.165, 1.54) is 7.11 Å². The normalized spacial score (nSPS) is 22.3. The molecule has 1 aliphatic carbocycles. The number of benzene rings is 2.